The lowest BCUT2D eigenvalue weighted by atomic mass is 10.2. The van der Waals surface area contributed by atoms with Gasteiger partial charge in [0.25, 0.3) is 0 Å². The molecule has 2 aromatic carbocycles. The van der Waals surface area contributed by atoms with Gasteiger partial charge in [0.2, 0.25) is 15.9 Å². The first kappa shape index (κ1) is 21.1. The average molecular weight is 471 g/mol. The van der Waals surface area contributed by atoms with E-state index in [4.69, 9.17) is 32.4 Å². The third-order valence-electron chi connectivity index (χ3n) is 4.68. The third kappa shape index (κ3) is 4.03. The number of esters is 1. The predicted octanol–water partition coefficient (Wildman–Crippen LogP) is 3.00. The highest BCUT2D eigenvalue weighted by atomic mass is 35.5. The second kappa shape index (κ2) is 8.16. The number of ether oxygens (including phenoxy) is 1. The van der Waals surface area contributed by atoms with Crippen LogP contribution in [0.5, 0.6) is 0 Å². The molecule has 3 aromatic rings. The molecular weight excluding hydrogens is 455 g/mol. The Kier molecular flexibility index (Phi) is 5.73. The number of hydrogen-bond donors (Lipinski definition) is 1. The van der Waals surface area contributed by atoms with Crippen LogP contribution in [0.15, 0.2) is 51.8 Å². The van der Waals surface area contributed by atoms with Gasteiger partial charge in [-0.25, -0.2) is 13.4 Å². The molecular formula is C19H16Cl2N2O6S. The maximum Gasteiger partial charge on any atom is 0.325 e. The summed E-state index contributed by atoms with van der Waals surface area (Å²) < 4.78 is 37.7. The molecule has 1 saturated heterocycles. The molecule has 0 saturated carbocycles. The molecule has 0 aliphatic carbocycles. The van der Waals surface area contributed by atoms with Gasteiger partial charge in [-0.2, -0.15) is 4.31 Å². The minimum Gasteiger partial charge on any atom is -0.454 e. The maximum atomic E-state index is 13.0. The van der Waals surface area contributed by atoms with Crippen molar-refractivity contribution >= 4 is 50.3 Å². The van der Waals surface area contributed by atoms with E-state index in [0.29, 0.717) is 11.1 Å². The standard InChI is InChI=1S/C19H16Cl2N2O6S/c20-13-6-5-12(8-14(13)21)30(26,27)23-9-11(24)7-16(23)19(25)28-10-18-22-15-3-1-2-4-17(15)29-18/h1-6,8,11,16,24H,7,9-10H2. The van der Waals surface area contributed by atoms with Crippen LogP contribution in [0.4, 0.5) is 0 Å². The highest BCUT2D eigenvalue weighted by Gasteiger charge is 2.44. The molecule has 0 spiro atoms. The zero-order valence-electron chi connectivity index (χ0n) is 15.4. The highest BCUT2D eigenvalue weighted by molar-refractivity contribution is 7.89. The number of fused-ring (bicyclic) bond motifs is 1. The smallest absolute Gasteiger partial charge is 0.325 e. The lowest BCUT2D eigenvalue weighted by molar-refractivity contribution is -0.149. The molecule has 1 aliphatic heterocycles. The Morgan fingerprint density at radius 2 is 2.00 bits per heavy atom. The van der Waals surface area contributed by atoms with Crippen molar-refractivity contribution in [2.75, 3.05) is 6.54 Å². The zero-order chi connectivity index (χ0) is 21.5. The summed E-state index contributed by atoms with van der Waals surface area (Å²) in [5, 5.41) is 10.3. The SMILES string of the molecule is O=C(OCc1nc2ccccc2o1)C1CC(O)CN1S(=O)(=O)c1ccc(Cl)c(Cl)c1. The van der Waals surface area contributed by atoms with E-state index in [1.807, 2.05) is 0 Å². The van der Waals surface area contributed by atoms with Crippen molar-refractivity contribution in [3.05, 3.63) is 58.4 Å². The van der Waals surface area contributed by atoms with Crippen LogP contribution in [0.1, 0.15) is 12.3 Å². The van der Waals surface area contributed by atoms with E-state index in [2.05, 4.69) is 4.98 Å². The number of aliphatic hydroxyl groups excluding tert-OH is 1. The second-order valence-electron chi connectivity index (χ2n) is 6.74. The van der Waals surface area contributed by atoms with Crippen LogP contribution in [0.25, 0.3) is 11.1 Å². The lowest BCUT2D eigenvalue weighted by Crippen LogP contribution is -2.41. The Labute approximate surface area is 182 Å². The quantitative estimate of drug-likeness (QED) is 0.570. The minimum atomic E-state index is -4.12. The molecule has 0 radical (unpaired) electrons. The molecule has 1 fully saturated rings. The summed E-state index contributed by atoms with van der Waals surface area (Å²) in [5.74, 6) is -0.626. The molecule has 0 bridgehead atoms. The average Bonchev–Trinajstić information content (AvgIpc) is 3.31. The van der Waals surface area contributed by atoms with E-state index in [-0.39, 0.29) is 40.4 Å². The molecule has 2 atom stereocenters. The van der Waals surface area contributed by atoms with Crippen LogP contribution in [0.2, 0.25) is 10.0 Å². The summed E-state index contributed by atoms with van der Waals surface area (Å²) >= 11 is 11.8. The molecule has 2 heterocycles. The normalized spacial score (nSPS) is 20.0. The van der Waals surface area contributed by atoms with Crippen LogP contribution >= 0.6 is 23.2 Å². The van der Waals surface area contributed by atoms with Crippen molar-refractivity contribution in [2.24, 2.45) is 0 Å². The van der Waals surface area contributed by atoms with Gasteiger partial charge in [0.1, 0.15) is 11.6 Å². The Morgan fingerprint density at radius 3 is 2.73 bits per heavy atom. The van der Waals surface area contributed by atoms with E-state index in [9.17, 15) is 18.3 Å². The number of halogens is 2. The molecule has 2 unspecified atom stereocenters. The summed E-state index contributed by atoms with van der Waals surface area (Å²) in [7, 11) is -4.12. The van der Waals surface area contributed by atoms with Gasteiger partial charge in [-0.05, 0) is 30.3 Å². The van der Waals surface area contributed by atoms with Crippen molar-refractivity contribution in [2.45, 2.75) is 30.1 Å². The van der Waals surface area contributed by atoms with Gasteiger partial charge in [0, 0.05) is 13.0 Å². The van der Waals surface area contributed by atoms with Gasteiger partial charge in [-0.1, -0.05) is 35.3 Å². The van der Waals surface area contributed by atoms with Gasteiger partial charge in [-0.15, -0.1) is 0 Å². The fourth-order valence-corrected chi connectivity index (χ4v) is 5.26. The van der Waals surface area contributed by atoms with E-state index in [1.54, 1.807) is 24.3 Å². The Bertz CT molecular complexity index is 1180. The zero-order valence-corrected chi connectivity index (χ0v) is 17.7. The van der Waals surface area contributed by atoms with Crippen LogP contribution in [0, 0.1) is 0 Å². The first-order valence-electron chi connectivity index (χ1n) is 8.92. The first-order chi connectivity index (χ1) is 14.3. The van der Waals surface area contributed by atoms with Gasteiger partial charge in [0.05, 0.1) is 21.0 Å². The number of hydrogen-bond acceptors (Lipinski definition) is 7. The molecule has 4 rings (SSSR count). The van der Waals surface area contributed by atoms with Crippen molar-refractivity contribution < 1.29 is 27.5 Å². The molecule has 1 aromatic heterocycles. The molecule has 11 heteroatoms. The molecule has 8 nitrogen and oxygen atoms in total. The monoisotopic (exact) mass is 470 g/mol. The number of sulfonamides is 1. The molecule has 0 amide bonds. The number of carbonyl (C=O) groups excluding carboxylic acids is 1. The fourth-order valence-electron chi connectivity index (χ4n) is 3.25. The van der Waals surface area contributed by atoms with Crippen molar-refractivity contribution in [1.82, 2.24) is 9.29 Å². The van der Waals surface area contributed by atoms with Crippen LogP contribution in [-0.2, 0) is 26.2 Å². The largest absolute Gasteiger partial charge is 0.454 e. The number of oxazole rings is 1. The Hall–Kier alpha value is -2.17. The third-order valence-corrected chi connectivity index (χ3v) is 7.29. The molecule has 158 valence electrons. The first-order valence-corrected chi connectivity index (χ1v) is 11.1. The van der Waals surface area contributed by atoms with Crippen LogP contribution in [0.3, 0.4) is 0 Å². The highest BCUT2D eigenvalue weighted by Crippen LogP contribution is 2.31. The molecule has 1 N–H and O–H groups in total. The van der Waals surface area contributed by atoms with Crippen molar-refractivity contribution in [3.8, 4) is 0 Å². The van der Waals surface area contributed by atoms with Crippen LogP contribution < -0.4 is 0 Å². The van der Waals surface area contributed by atoms with E-state index in [1.165, 1.54) is 18.2 Å². The number of nitrogens with zero attached hydrogens (tertiary/aromatic N) is 2. The maximum absolute atomic E-state index is 13.0. The van der Waals surface area contributed by atoms with Gasteiger partial charge in [0.15, 0.2) is 12.2 Å². The van der Waals surface area contributed by atoms with Crippen LogP contribution in [-0.4, -0.2) is 47.5 Å². The predicted molar refractivity (Wildman–Crippen MR) is 109 cm³/mol. The number of aliphatic hydroxyl groups is 1. The summed E-state index contributed by atoms with van der Waals surface area (Å²) in [5.41, 5.74) is 1.16. The summed E-state index contributed by atoms with van der Waals surface area (Å²) in [6.07, 6.45) is -1.10. The summed E-state index contributed by atoms with van der Waals surface area (Å²) in [4.78, 5) is 16.7. The fraction of sp³-hybridized carbons (Fsp3) is 0.263. The lowest BCUT2D eigenvalue weighted by Gasteiger charge is -2.22. The number of aromatic nitrogens is 1. The van der Waals surface area contributed by atoms with E-state index < -0.39 is 28.1 Å². The minimum absolute atomic E-state index is 0.0626. The van der Waals surface area contributed by atoms with Gasteiger partial charge >= 0.3 is 5.97 Å². The topological polar surface area (TPSA) is 110 Å². The number of benzene rings is 2. The molecule has 30 heavy (non-hydrogen) atoms. The summed E-state index contributed by atoms with van der Waals surface area (Å²) in [6.45, 7) is -0.508. The number of rotatable bonds is 5. The summed E-state index contributed by atoms with van der Waals surface area (Å²) in [6, 6.07) is 9.71. The van der Waals surface area contributed by atoms with Crippen molar-refractivity contribution in [1.29, 1.82) is 0 Å². The number of β-amino-alcohol motifs (C(OH)–C–C–N with tert-alkyl or cyclic N) is 1. The van der Waals surface area contributed by atoms with E-state index in [0.717, 1.165) is 4.31 Å². The number of carbonyl (C=O) groups is 1. The van der Waals surface area contributed by atoms with E-state index >= 15 is 0 Å². The van der Waals surface area contributed by atoms with Gasteiger partial charge in [-0.3, -0.25) is 4.79 Å². The Morgan fingerprint density at radius 1 is 1.23 bits per heavy atom. The number of para-hydroxylation sites is 2. The second-order valence-corrected chi connectivity index (χ2v) is 9.44. The van der Waals surface area contributed by atoms with Gasteiger partial charge < -0.3 is 14.3 Å². The Balaban J connectivity index is 1.52. The van der Waals surface area contributed by atoms with Crippen molar-refractivity contribution in [3.63, 3.8) is 0 Å². The molecule has 1 aliphatic rings.